The highest BCUT2D eigenvalue weighted by molar-refractivity contribution is 5.97. The van der Waals surface area contributed by atoms with E-state index in [0.717, 1.165) is 6.42 Å². The summed E-state index contributed by atoms with van der Waals surface area (Å²) in [4.78, 5) is 25.2. The summed E-state index contributed by atoms with van der Waals surface area (Å²) in [7, 11) is 0. The van der Waals surface area contributed by atoms with E-state index in [1.165, 1.54) is 6.92 Å². The van der Waals surface area contributed by atoms with Gasteiger partial charge >= 0.3 is 6.18 Å². The lowest BCUT2D eigenvalue weighted by molar-refractivity contribution is -0.184. The molecule has 0 spiro atoms. The quantitative estimate of drug-likeness (QED) is 0.903. The molecule has 5 nitrogen and oxygen atoms in total. The van der Waals surface area contributed by atoms with E-state index in [9.17, 15) is 22.8 Å². The minimum absolute atomic E-state index is 0.00959. The molecule has 1 saturated heterocycles. The molecular weight excluding hydrogens is 313 g/mol. The minimum Gasteiger partial charge on any atom is -0.359 e. The Morgan fingerprint density at radius 2 is 2.17 bits per heavy atom. The van der Waals surface area contributed by atoms with Crippen LogP contribution in [0.4, 0.5) is 24.5 Å². The van der Waals surface area contributed by atoms with Gasteiger partial charge in [0.2, 0.25) is 5.91 Å². The molecule has 23 heavy (non-hydrogen) atoms. The van der Waals surface area contributed by atoms with Crippen LogP contribution in [-0.2, 0) is 14.3 Å². The highest BCUT2D eigenvalue weighted by Gasteiger charge is 2.30. The number of carbonyl (C=O) groups excluding carboxylic acids is 2. The van der Waals surface area contributed by atoms with Crippen molar-refractivity contribution in [3.63, 3.8) is 0 Å². The van der Waals surface area contributed by atoms with E-state index < -0.39 is 24.8 Å². The number of halogens is 3. The predicted molar refractivity (Wildman–Crippen MR) is 78.1 cm³/mol. The number of ether oxygens (including phenoxy) is 1. The van der Waals surface area contributed by atoms with Crippen LogP contribution in [0, 0.1) is 0 Å². The summed E-state index contributed by atoms with van der Waals surface area (Å²) >= 11 is 0. The summed E-state index contributed by atoms with van der Waals surface area (Å²) in [5.41, 5.74) is 1.05. The lowest BCUT2D eigenvalue weighted by Crippen LogP contribution is -2.31. The molecule has 0 aliphatic carbocycles. The van der Waals surface area contributed by atoms with Crippen LogP contribution >= 0.6 is 0 Å². The molecule has 1 heterocycles. The average molecular weight is 330 g/mol. The topological polar surface area (TPSA) is 58.6 Å². The second-order valence-electron chi connectivity index (χ2n) is 5.26. The second kappa shape index (κ2) is 6.99. The normalized spacial score (nSPS) is 16.5. The van der Waals surface area contributed by atoms with Gasteiger partial charge in [-0.1, -0.05) is 6.07 Å². The van der Waals surface area contributed by atoms with Crippen LogP contribution in [0.5, 0.6) is 0 Å². The summed E-state index contributed by atoms with van der Waals surface area (Å²) < 4.78 is 40.7. The van der Waals surface area contributed by atoms with Crippen LogP contribution in [0.3, 0.4) is 0 Å². The number of nitrogens with one attached hydrogen (secondary N) is 1. The van der Waals surface area contributed by atoms with Crippen molar-refractivity contribution < 1.29 is 27.5 Å². The van der Waals surface area contributed by atoms with Crippen LogP contribution in [0.1, 0.15) is 19.8 Å². The maximum atomic E-state index is 12.1. The fourth-order valence-electron chi connectivity index (χ4n) is 2.21. The lowest BCUT2D eigenvalue weighted by Gasteiger charge is -2.18. The first-order valence-electron chi connectivity index (χ1n) is 7.16. The lowest BCUT2D eigenvalue weighted by atomic mass is 10.2. The fraction of sp³-hybridized carbons (Fsp3) is 0.467. The largest absolute Gasteiger partial charge is 0.411 e. The molecule has 1 aliphatic rings. The molecule has 1 aliphatic heterocycles. The third-order valence-corrected chi connectivity index (χ3v) is 3.37. The van der Waals surface area contributed by atoms with Gasteiger partial charge < -0.3 is 15.0 Å². The van der Waals surface area contributed by atoms with E-state index in [-0.39, 0.29) is 5.91 Å². The second-order valence-corrected chi connectivity index (χ2v) is 5.26. The zero-order valence-electron chi connectivity index (χ0n) is 12.5. The molecule has 1 atom stereocenters. The van der Waals surface area contributed by atoms with Crippen molar-refractivity contribution in [2.75, 3.05) is 23.4 Å². The Labute approximate surface area is 131 Å². The van der Waals surface area contributed by atoms with Crippen LogP contribution in [0.25, 0.3) is 0 Å². The Balaban J connectivity index is 1.97. The van der Waals surface area contributed by atoms with E-state index >= 15 is 0 Å². The number of anilines is 2. The number of nitrogens with zero attached hydrogens (tertiary/aromatic N) is 1. The van der Waals surface area contributed by atoms with Gasteiger partial charge in [0, 0.05) is 24.3 Å². The summed E-state index contributed by atoms with van der Waals surface area (Å²) in [6.07, 6.45) is -4.46. The number of hydrogen-bond donors (Lipinski definition) is 1. The summed E-state index contributed by atoms with van der Waals surface area (Å²) in [5.74, 6) is -0.672. The molecular formula is C15H17F3N2O3. The first kappa shape index (κ1) is 17.3. The van der Waals surface area contributed by atoms with Gasteiger partial charge in [0.1, 0.15) is 12.7 Å². The van der Waals surface area contributed by atoms with Crippen molar-refractivity contribution in [3.05, 3.63) is 24.3 Å². The van der Waals surface area contributed by atoms with Gasteiger partial charge in [-0.3, -0.25) is 9.59 Å². The molecule has 0 radical (unpaired) electrons. The van der Waals surface area contributed by atoms with Crippen LogP contribution in [0.15, 0.2) is 24.3 Å². The zero-order chi connectivity index (χ0) is 17.0. The van der Waals surface area contributed by atoms with E-state index in [2.05, 4.69) is 10.1 Å². The zero-order valence-corrected chi connectivity index (χ0v) is 12.5. The average Bonchev–Trinajstić information content (AvgIpc) is 2.90. The van der Waals surface area contributed by atoms with E-state index in [4.69, 9.17) is 0 Å². The Kier molecular flexibility index (Phi) is 5.25. The molecule has 0 aromatic heterocycles. The molecule has 1 fully saturated rings. The standard InChI is InChI=1S/C15H17F3N2O3/c1-10(23-9-15(16,17)18)14(22)19-11-4-2-5-12(8-11)20-7-3-6-13(20)21/h2,4-5,8,10H,3,6-7,9H2,1H3,(H,19,22)/t10-/m1/s1. The van der Waals surface area contributed by atoms with Gasteiger partial charge in [-0.15, -0.1) is 0 Å². The van der Waals surface area contributed by atoms with Crippen LogP contribution < -0.4 is 10.2 Å². The Morgan fingerprint density at radius 1 is 1.43 bits per heavy atom. The number of carbonyl (C=O) groups is 2. The molecule has 8 heteroatoms. The molecule has 2 rings (SSSR count). The molecule has 0 bridgehead atoms. The van der Waals surface area contributed by atoms with Gasteiger partial charge in [-0.05, 0) is 31.5 Å². The summed E-state index contributed by atoms with van der Waals surface area (Å²) in [5, 5.41) is 2.49. The highest BCUT2D eigenvalue weighted by atomic mass is 19.4. The molecule has 126 valence electrons. The third-order valence-electron chi connectivity index (χ3n) is 3.37. The Hall–Kier alpha value is -2.09. The van der Waals surface area contributed by atoms with Gasteiger partial charge in [0.05, 0.1) is 0 Å². The summed E-state index contributed by atoms with van der Waals surface area (Å²) in [6.45, 7) is 0.375. The fourth-order valence-corrected chi connectivity index (χ4v) is 2.21. The SMILES string of the molecule is C[C@@H](OCC(F)(F)F)C(=O)Nc1cccc(N2CCCC2=O)c1. The molecule has 2 amide bonds. The number of rotatable bonds is 5. The molecule has 1 aromatic carbocycles. The van der Waals surface area contributed by atoms with Gasteiger partial charge in [-0.2, -0.15) is 13.2 Å². The monoisotopic (exact) mass is 330 g/mol. The van der Waals surface area contributed by atoms with Crippen molar-refractivity contribution in [1.82, 2.24) is 0 Å². The van der Waals surface area contributed by atoms with E-state index in [1.807, 2.05) is 0 Å². The number of benzene rings is 1. The maximum absolute atomic E-state index is 12.1. The molecule has 1 aromatic rings. The van der Waals surface area contributed by atoms with Crippen molar-refractivity contribution in [3.8, 4) is 0 Å². The van der Waals surface area contributed by atoms with Crippen molar-refractivity contribution in [2.24, 2.45) is 0 Å². The third kappa shape index (κ3) is 4.95. The van der Waals surface area contributed by atoms with Crippen LogP contribution in [-0.4, -0.2) is 37.2 Å². The van der Waals surface area contributed by atoms with Gasteiger partial charge in [0.25, 0.3) is 5.91 Å². The summed E-state index contributed by atoms with van der Waals surface area (Å²) in [6, 6.07) is 6.61. The first-order chi connectivity index (χ1) is 10.8. The van der Waals surface area contributed by atoms with Gasteiger partial charge in [-0.25, -0.2) is 0 Å². The number of alkyl halides is 3. The Morgan fingerprint density at radius 3 is 2.78 bits per heavy atom. The van der Waals surface area contributed by atoms with Crippen LogP contribution in [0.2, 0.25) is 0 Å². The number of hydrogen-bond acceptors (Lipinski definition) is 3. The maximum Gasteiger partial charge on any atom is 0.411 e. The predicted octanol–water partition coefficient (Wildman–Crippen LogP) is 2.72. The first-order valence-corrected chi connectivity index (χ1v) is 7.16. The number of amides is 2. The van der Waals surface area contributed by atoms with E-state index in [0.29, 0.717) is 24.3 Å². The highest BCUT2D eigenvalue weighted by Crippen LogP contribution is 2.24. The van der Waals surface area contributed by atoms with Crippen molar-refractivity contribution in [2.45, 2.75) is 32.0 Å². The molecule has 1 N–H and O–H groups in total. The molecule has 0 unspecified atom stereocenters. The smallest absolute Gasteiger partial charge is 0.359 e. The van der Waals surface area contributed by atoms with Crippen molar-refractivity contribution in [1.29, 1.82) is 0 Å². The molecule has 0 saturated carbocycles. The minimum atomic E-state index is -4.48. The Bertz CT molecular complexity index is 590. The van der Waals surface area contributed by atoms with E-state index in [1.54, 1.807) is 29.2 Å². The van der Waals surface area contributed by atoms with Crippen molar-refractivity contribution >= 4 is 23.2 Å². The van der Waals surface area contributed by atoms with Gasteiger partial charge in [0.15, 0.2) is 0 Å².